The number of hydrogen-bond acceptors (Lipinski definition) is 2. The first kappa shape index (κ1) is 15.6. The minimum Gasteiger partial charge on any atom is -0.391 e. The van der Waals surface area contributed by atoms with Crippen LogP contribution in [0, 0.1) is 0 Å². The summed E-state index contributed by atoms with van der Waals surface area (Å²) in [5, 5.41) is 10.7. The molecule has 2 aromatic rings. The molecule has 1 spiro atoms. The molecule has 2 aliphatic carbocycles. The van der Waals surface area contributed by atoms with E-state index < -0.39 is 0 Å². The molecule has 2 aromatic carbocycles. The van der Waals surface area contributed by atoms with Crippen molar-refractivity contribution in [2.75, 3.05) is 13.1 Å². The second kappa shape index (κ2) is 5.96. The number of aliphatic hydroxyl groups excluding tert-OH is 1. The van der Waals surface area contributed by atoms with E-state index in [1.165, 1.54) is 36.8 Å². The van der Waals surface area contributed by atoms with Gasteiger partial charge in [-0.3, -0.25) is 4.90 Å². The van der Waals surface area contributed by atoms with Crippen LogP contribution in [0.15, 0.2) is 48.5 Å². The fraction of sp³-hybridized carbons (Fsp3) is 0.478. The summed E-state index contributed by atoms with van der Waals surface area (Å²) >= 11 is 0. The molecular formula is C23H27NO. The number of aliphatic hydroxyl groups is 1. The zero-order chi connectivity index (χ0) is 16.9. The maximum Gasteiger partial charge on any atom is 0.0738 e. The van der Waals surface area contributed by atoms with E-state index in [0.717, 1.165) is 25.9 Å². The molecule has 3 aliphatic rings. The molecule has 0 amide bonds. The first-order chi connectivity index (χ1) is 12.3. The minimum atomic E-state index is -0.222. The van der Waals surface area contributed by atoms with Gasteiger partial charge in [-0.05, 0) is 72.9 Å². The van der Waals surface area contributed by atoms with Crippen LogP contribution in [0.25, 0.3) is 0 Å². The Bertz CT molecular complexity index is 775. The lowest BCUT2D eigenvalue weighted by Gasteiger charge is -2.46. The van der Waals surface area contributed by atoms with Gasteiger partial charge in [0.15, 0.2) is 0 Å². The number of hydrogen-bond donors (Lipinski definition) is 1. The van der Waals surface area contributed by atoms with Crippen LogP contribution in [0.1, 0.15) is 41.5 Å². The summed E-state index contributed by atoms with van der Waals surface area (Å²) in [6, 6.07) is 18.0. The average molecular weight is 333 g/mol. The fourth-order valence-corrected chi connectivity index (χ4v) is 5.62. The number of nitrogens with zero attached hydrogens (tertiary/aromatic N) is 1. The monoisotopic (exact) mass is 333 g/mol. The third-order valence-corrected chi connectivity index (χ3v) is 7.11. The molecule has 0 bridgehead atoms. The van der Waals surface area contributed by atoms with Crippen molar-refractivity contribution in [1.82, 2.24) is 4.90 Å². The third kappa shape index (κ3) is 2.54. The highest BCUT2D eigenvalue weighted by molar-refractivity contribution is 5.40. The number of piperidine rings is 1. The highest BCUT2D eigenvalue weighted by Gasteiger charge is 2.43. The molecule has 1 saturated heterocycles. The molecule has 0 radical (unpaired) electrons. The molecule has 25 heavy (non-hydrogen) atoms. The summed E-state index contributed by atoms with van der Waals surface area (Å²) < 4.78 is 0. The maximum absolute atomic E-state index is 10.7. The number of fused-ring (bicyclic) bond motifs is 3. The first-order valence-corrected chi connectivity index (χ1v) is 9.82. The molecule has 2 atom stereocenters. The number of likely N-dealkylation sites (tertiary alicyclic amines) is 1. The second-order valence-electron chi connectivity index (χ2n) is 8.29. The Kier molecular flexibility index (Phi) is 3.72. The van der Waals surface area contributed by atoms with Crippen molar-refractivity contribution >= 4 is 0 Å². The average Bonchev–Trinajstić information content (AvgIpc) is 3.01. The summed E-state index contributed by atoms with van der Waals surface area (Å²) in [5.41, 5.74) is 6.37. The molecule has 0 saturated carbocycles. The van der Waals surface area contributed by atoms with E-state index in [4.69, 9.17) is 0 Å². The van der Waals surface area contributed by atoms with Crippen molar-refractivity contribution in [1.29, 1.82) is 0 Å². The molecule has 1 N–H and O–H groups in total. The van der Waals surface area contributed by atoms with Crippen LogP contribution < -0.4 is 0 Å². The molecule has 130 valence electrons. The van der Waals surface area contributed by atoms with Crippen molar-refractivity contribution in [3.8, 4) is 0 Å². The normalized spacial score (nSPS) is 27.9. The van der Waals surface area contributed by atoms with E-state index in [1.807, 2.05) is 0 Å². The predicted octanol–water partition coefficient (Wildman–Crippen LogP) is 3.49. The van der Waals surface area contributed by atoms with E-state index in [1.54, 1.807) is 11.1 Å². The molecule has 1 aliphatic heterocycles. The lowest BCUT2D eigenvalue weighted by atomic mass is 9.73. The van der Waals surface area contributed by atoms with Gasteiger partial charge in [0, 0.05) is 12.5 Å². The molecule has 0 aromatic heterocycles. The standard InChI is InChI=1S/C23H27NO/c25-22-16-19-7-2-1-6-18(19)15-21(22)24-13-11-23(12-14-24)10-9-17-5-3-4-8-20(17)23/h1-8,21-22,25H,9-16H2/t21-,22-/m1/s1. The largest absolute Gasteiger partial charge is 0.391 e. The second-order valence-corrected chi connectivity index (χ2v) is 8.29. The Morgan fingerprint density at radius 1 is 0.800 bits per heavy atom. The molecule has 5 rings (SSSR count). The Balaban J connectivity index is 1.33. The van der Waals surface area contributed by atoms with Gasteiger partial charge in [0.25, 0.3) is 0 Å². The Morgan fingerprint density at radius 2 is 1.44 bits per heavy atom. The Labute approximate surface area is 150 Å². The van der Waals surface area contributed by atoms with Gasteiger partial charge in [-0.2, -0.15) is 0 Å². The van der Waals surface area contributed by atoms with E-state index in [9.17, 15) is 5.11 Å². The molecule has 0 unspecified atom stereocenters. The summed E-state index contributed by atoms with van der Waals surface area (Å²) in [4.78, 5) is 2.58. The topological polar surface area (TPSA) is 23.5 Å². The summed E-state index contributed by atoms with van der Waals surface area (Å²) in [7, 11) is 0. The Morgan fingerprint density at radius 3 is 2.20 bits per heavy atom. The van der Waals surface area contributed by atoms with Gasteiger partial charge < -0.3 is 5.11 Å². The zero-order valence-electron chi connectivity index (χ0n) is 14.8. The van der Waals surface area contributed by atoms with Gasteiger partial charge >= 0.3 is 0 Å². The lowest BCUT2D eigenvalue weighted by molar-refractivity contribution is 0.0185. The highest BCUT2D eigenvalue weighted by atomic mass is 16.3. The number of rotatable bonds is 1. The molecule has 1 fully saturated rings. The smallest absolute Gasteiger partial charge is 0.0738 e. The van der Waals surface area contributed by atoms with E-state index in [2.05, 4.69) is 53.4 Å². The summed E-state index contributed by atoms with van der Waals surface area (Å²) in [6.07, 6.45) is 6.64. The summed E-state index contributed by atoms with van der Waals surface area (Å²) in [5.74, 6) is 0. The first-order valence-electron chi connectivity index (χ1n) is 9.82. The fourth-order valence-electron chi connectivity index (χ4n) is 5.62. The van der Waals surface area contributed by atoms with Gasteiger partial charge in [-0.15, -0.1) is 0 Å². The minimum absolute atomic E-state index is 0.222. The van der Waals surface area contributed by atoms with Gasteiger partial charge in [0.1, 0.15) is 0 Å². The molecule has 1 heterocycles. The van der Waals surface area contributed by atoms with Crippen molar-refractivity contribution in [2.45, 2.75) is 56.1 Å². The molecular weight excluding hydrogens is 306 g/mol. The van der Waals surface area contributed by atoms with Crippen molar-refractivity contribution in [3.05, 3.63) is 70.8 Å². The lowest BCUT2D eigenvalue weighted by Crippen LogP contribution is -2.53. The SMILES string of the molecule is O[C@@H]1Cc2ccccc2C[C@H]1N1CCC2(CCc3ccccc32)CC1. The summed E-state index contributed by atoms with van der Waals surface area (Å²) in [6.45, 7) is 2.25. The van der Waals surface area contributed by atoms with E-state index in [-0.39, 0.29) is 6.10 Å². The van der Waals surface area contributed by atoms with Crippen LogP contribution in [-0.2, 0) is 24.7 Å². The third-order valence-electron chi connectivity index (χ3n) is 7.11. The van der Waals surface area contributed by atoms with Crippen LogP contribution in [0.2, 0.25) is 0 Å². The molecule has 2 nitrogen and oxygen atoms in total. The van der Waals surface area contributed by atoms with Crippen LogP contribution in [0.3, 0.4) is 0 Å². The van der Waals surface area contributed by atoms with E-state index >= 15 is 0 Å². The van der Waals surface area contributed by atoms with Crippen LogP contribution in [0.5, 0.6) is 0 Å². The number of benzene rings is 2. The van der Waals surface area contributed by atoms with Gasteiger partial charge in [0.05, 0.1) is 6.10 Å². The van der Waals surface area contributed by atoms with E-state index in [0.29, 0.717) is 11.5 Å². The van der Waals surface area contributed by atoms with Crippen molar-refractivity contribution in [3.63, 3.8) is 0 Å². The predicted molar refractivity (Wildman–Crippen MR) is 101 cm³/mol. The Hall–Kier alpha value is -1.64. The van der Waals surface area contributed by atoms with Gasteiger partial charge in [-0.1, -0.05) is 48.5 Å². The highest BCUT2D eigenvalue weighted by Crippen LogP contribution is 2.46. The van der Waals surface area contributed by atoms with Crippen LogP contribution in [-0.4, -0.2) is 35.2 Å². The maximum atomic E-state index is 10.7. The van der Waals surface area contributed by atoms with Crippen LogP contribution in [0.4, 0.5) is 0 Å². The van der Waals surface area contributed by atoms with Gasteiger partial charge in [0.2, 0.25) is 0 Å². The van der Waals surface area contributed by atoms with Gasteiger partial charge in [-0.25, -0.2) is 0 Å². The molecule has 2 heteroatoms. The van der Waals surface area contributed by atoms with Crippen LogP contribution >= 0.6 is 0 Å². The quantitative estimate of drug-likeness (QED) is 0.863. The zero-order valence-corrected chi connectivity index (χ0v) is 14.8. The number of aryl methyl sites for hydroxylation is 1. The van der Waals surface area contributed by atoms with Crippen molar-refractivity contribution in [2.24, 2.45) is 0 Å². The van der Waals surface area contributed by atoms with Crippen molar-refractivity contribution < 1.29 is 5.11 Å².